The molecule has 1 aliphatic rings. The number of rotatable bonds is 15. The van der Waals surface area contributed by atoms with Gasteiger partial charge in [0.2, 0.25) is 5.91 Å². The molecule has 1 saturated carbocycles. The first-order valence-electron chi connectivity index (χ1n) is 14.9. The summed E-state index contributed by atoms with van der Waals surface area (Å²) in [7, 11) is 0. The molecule has 11 heteroatoms. The number of amides is 1. The monoisotopic (exact) mass is 632 g/mol. The average Bonchev–Trinajstić information content (AvgIpc) is 2.95. The number of allylic oxidation sites excluding steroid dienone is 4. The van der Waals surface area contributed by atoms with Gasteiger partial charge in [-0.15, -0.1) is 0 Å². The maximum atomic E-state index is 12.4. The Morgan fingerprint density at radius 2 is 1.89 bits per heavy atom. The van der Waals surface area contributed by atoms with Crippen molar-refractivity contribution in [3.8, 4) is 11.5 Å². The molecule has 0 radical (unpaired) electrons. The normalized spacial score (nSPS) is 21.5. The van der Waals surface area contributed by atoms with Crippen LogP contribution in [0.2, 0.25) is 5.02 Å². The second-order valence-corrected chi connectivity index (χ2v) is 12.2. The summed E-state index contributed by atoms with van der Waals surface area (Å²) in [6.45, 7) is 10.8. The van der Waals surface area contributed by atoms with Crippen LogP contribution in [0.25, 0.3) is 0 Å². The van der Waals surface area contributed by atoms with Crippen LogP contribution < -0.4 is 10.1 Å². The van der Waals surface area contributed by atoms with Gasteiger partial charge in [-0.2, -0.15) is 0 Å². The number of hydrogen-bond donors (Lipinski definition) is 4. The van der Waals surface area contributed by atoms with Gasteiger partial charge in [0, 0.05) is 43.1 Å². The highest BCUT2D eigenvalue weighted by molar-refractivity contribution is 6.33. The number of carbonyl (C=O) groups excluding carboxylic acids is 2. The van der Waals surface area contributed by atoms with E-state index in [-0.39, 0.29) is 46.5 Å². The van der Waals surface area contributed by atoms with Crippen LogP contribution in [0.5, 0.6) is 11.5 Å². The fourth-order valence-electron chi connectivity index (χ4n) is 5.32. The van der Waals surface area contributed by atoms with E-state index in [2.05, 4.69) is 30.2 Å². The quantitative estimate of drug-likeness (QED) is 0.109. The lowest BCUT2D eigenvalue weighted by atomic mass is 9.61. The Morgan fingerprint density at radius 1 is 1.20 bits per heavy atom. The zero-order chi connectivity index (χ0) is 33.2. The van der Waals surface area contributed by atoms with Crippen LogP contribution in [0.4, 0.5) is 0 Å². The first-order chi connectivity index (χ1) is 20.6. The molecule has 4 atom stereocenters. The van der Waals surface area contributed by atoms with E-state index >= 15 is 0 Å². The number of unbranched alkanes of at least 4 members (excludes halogenated alkanes) is 1. The van der Waals surface area contributed by atoms with E-state index in [0.717, 1.165) is 12.0 Å². The van der Waals surface area contributed by atoms with Crippen molar-refractivity contribution >= 4 is 41.4 Å². The van der Waals surface area contributed by atoms with Gasteiger partial charge >= 0.3 is 11.9 Å². The van der Waals surface area contributed by atoms with E-state index in [9.17, 15) is 34.5 Å². The van der Waals surface area contributed by atoms with Crippen LogP contribution in [-0.2, 0) is 25.6 Å². The Kier molecular flexibility index (Phi) is 13.6. The number of aromatic hydroxyl groups is 1. The minimum Gasteiger partial charge on any atom is -0.507 e. The number of aliphatic imine (C=N–C) groups is 1. The number of phenols is 1. The SMILES string of the molecule is CC(=O)N[C@@H](CCCC/N=C\c1c(C)c(Cl)c(OCC(=O)O)c(C/C=C(C)/C=C/[C@@]2(C)[C@H](C)CCC(=O)[C@@H]2C)c1O)C(=O)O. The number of ketones is 1. The molecule has 0 bridgehead atoms. The van der Waals surface area contributed by atoms with Crippen LogP contribution in [0.1, 0.15) is 83.4 Å². The van der Waals surface area contributed by atoms with Crippen molar-refractivity contribution in [2.75, 3.05) is 13.2 Å². The lowest BCUT2D eigenvalue weighted by Crippen LogP contribution is -2.40. The summed E-state index contributed by atoms with van der Waals surface area (Å²) >= 11 is 6.62. The highest BCUT2D eigenvalue weighted by Crippen LogP contribution is 2.45. The molecule has 4 N–H and O–H groups in total. The molecule has 242 valence electrons. The lowest BCUT2D eigenvalue weighted by Gasteiger charge is -2.42. The molecule has 0 aliphatic heterocycles. The molecule has 1 amide bonds. The summed E-state index contributed by atoms with van der Waals surface area (Å²) in [5, 5.41) is 32.3. The number of hydrogen-bond acceptors (Lipinski definition) is 7. The van der Waals surface area contributed by atoms with Crippen LogP contribution in [0, 0.1) is 24.2 Å². The number of nitrogens with zero attached hydrogens (tertiary/aromatic N) is 1. The molecule has 0 aromatic heterocycles. The second kappa shape index (κ2) is 16.4. The molecule has 0 unspecified atom stereocenters. The predicted octanol–water partition coefficient (Wildman–Crippen LogP) is 5.68. The van der Waals surface area contributed by atoms with Gasteiger partial charge in [-0.05, 0) is 62.8 Å². The molecule has 1 aromatic carbocycles. The van der Waals surface area contributed by atoms with Crippen molar-refractivity contribution in [1.29, 1.82) is 0 Å². The van der Waals surface area contributed by atoms with Gasteiger partial charge in [0.25, 0.3) is 0 Å². The summed E-state index contributed by atoms with van der Waals surface area (Å²) in [6, 6.07) is -0.964. The number of Topliss-reactive ketones (excluding diaryl/α,β-unsaturated/α-hetero) is 1. The van der Waals surface area contributed by atoms with E-state index in [0.29, 0.717) is 48.4 Å². The molecule has 1 fully saturated rings. The van der Waals surface area contributed by atoms with Gasteiger partial charge in [-0.25, -0.2) is 9.59 Å². The fourth-order valence-corrected chi connectivity index (χ4v) is 5.59. The molecular weight excluding hydrogens is 588 g/mol. The van der Waals surface area contributed by atoms with Gasteiger partial charge in [-0.3, -0.25) is 14.6 Å². The van der Waals surface area contributed by atoms with Crippen molar-refractivity contribution in [2.24, 2.45) is 22.2 Å². The van der Waals surface area contributed by atoms with Crippen LogP contribution in [0.3, 0.4) is 0 Å². The van der Waals surface area contributed by atoms with Crippen LogP contribution >= 0.6 is 11.6 Å². The molecule has 1 aliphatic carbocycles. The Morgan fingerprint density at radius 3 is 2.50 bits per heavy atom. The zero-order valence-electron chi connectivity index (χ0n) is 26.4. The number of nitrogens with one attached hydrogen (secondary N) is 1. The van der Waals surface area contributed by atoms with Crippen molar-refractivity contribution < 1.29 is 39.2 Å². The highest BCUT2D eigenvalue weighted by atomic mass is 35.5. The number of carboxylic acids is 2. The number of carbonyl (C=O) groups is 4. The molecule has 1 aromatic rings. The van der Waals surface area contributed by atoms with E-state index in [1.165, 1.54) is 13.1 Å². The van der Waals surface area contributed by atoms with Gasteiger partial charge in [0.1, 0.15) is 23.3 Å². The number of halogens is 1. The van der Waals surface area contributed by atoms with Gasteiger partial charge in [0.05, 0.1) is 5.02 Å². The van der Waals surface area contributed by atoms with Gasteiger partial charge < -0.3 is 25.4 Å². The van der Waals surface area contributed by atoms with Crippen LogP contribution in [-0.4, -0.2) is 64.4 Å². The molecule has 0 spiro atoms. The van der Waals surface area contributed by atoms with Crippen LogP contribution in [0.15, 0.2) is 28.8 Å². The Balaban J connectivity index is 2.28. The number of phenolic OH excluding ortho intramolecular Hbond substituents is 1. The summed E-state index contributed by atoms with van der Waals surface area (Å²) in [5.74, 6) is -2.24. The van der Waals surface area contributed by atoms with Crippen molar-refractivity contribution in [3.63, 3.8) is 0 Å². The smallest absolute Gasteiger partial charge is 0.341 e. The lowest BCUT2D eigenvalue weighted by molar-refractivity contribution is -0.141. The molecule has 10 nitrogen and oxygen atoms in total. The third kappa shape index (κ3) is 9.67. The molecule has 2 rings (SSSR count). The Hall–Kier alpha value is -3.66. The predicted molar refractivity (Wildman–Crippen MR) is 170 cm³/mol. The molecule has 0 heterocycles. The van der Waals surface area contributed by atoms with Gasteiger partial charge in [0.15, 0.2) is 6.61 Å². The summed E-state index contributed by atoms with van der Waals surface area (Å²) in [5.41, 5.74) is 1.76. The molecule has 44 heavy (non-hydrogen) atoms. The van der Waals surface area contributed by atoms with E-state index in [1.807, 2.05) is 26.0 Å². The third-order valence-corrected chi connectivity index (χ3v) is 9.10. The van der Waals surface area contributed by atoms with Crippen molar-refractivity contribution in [3.05, 3.63) is 45.5 Å². The standard InChI is InChI=1S/C33H45ClN2O8/c1-19(14-15-33(6)20(2)11-13-27(38)22(33)4)10-12-24-30(41)25(21(3)29(34)31(24)44-18-28(39)40)17-35-16-8-7-9-26(32(42)43)36-23(5)37/h10,14-15,17,20,22,26,41H,7-9,11-13,16,18H2,1-6H3,(H,36,37)(H,39,40)(H,42,43)/b15-14+,19-10+,35-17-/t20-,22+,26+,33+/m1/s1. The first kappa shape index (κ1) is 36.5. The average molecular weight is 633 g/mol. The maximum Gasteiger partial charge on any atom is 0.341 e. The molecule has 0 saturated heterocycles. The molecular formula is C33H45ClN2O8. The largest absolute Gasteiger partial charge is 0.507 e. The van der Waals surface area contributed by atoms with Gasteiger partial charge in [-0.1, -0.05) is 56.2 Å². The fraction of sp³-hybridized carbons (Fsp3) is 0.545. The maximum absolute atomic E-state index is 12.4. The Labute approximate surface area is 264 Å². The number of benzene rings is 1. The zero-order valence-corrected chi connectivity index (χ0v) is 27.2. The summed E-state index contributed by atoms with van der Waals surface area (Å²) in [6.07, 6.45) is 10.4. The minimum atomic E-state index is -1.19. The van der Waals surface area contributed by atoms with Crippen molar-refractivity contribution in [2.45, 2.75) is 86.1 Å². The van der Waals surface area contributed by atoms with Crippen molar-refractivity contribution in [1.82, 2.24) is 5.32 Å². The van der Waals surface area contributed by atoms with E-state index in [4.69, 9.17) is 16.3 Å². The minimum absolute atomic E-state index is 0.0824. The number of ether oxygens (including phenoxy) is 1. The number of aliphatic carboxylic acids is 2. The highest BCUT2D eigenvalue weighted by Gasteiger charge is 2.41. The summed E-state index contributed by atoms with van der Waals surface area (Å²) < 4.78 is 5.52. The first-order valence-corrected chi connectivity index (χ1v) is 15.2. The Bertz CT molecular complexity index is 1340. The van der Waals surface area contributed by atoms with E-state index < -0.39 is 30.5 Å². The van der Waals surface area contributed by atoms with E-state index in [1.54, 1.807) is 6.92 Å². The summed E-state index contributed by atoms with van der Waals surface area (Å²) in [4.78, 5) is 50.6. The number of carboxylic acid groups (broad SMARTS) is 2. The third-order valence-electron chi connectivity index (χ3n) is 8.65. The topological polar surface area (TPSA) is 163 Å². The second-order valence-electron chi connectivity index (χ2n) is 11.8.